The summed E-state index contributed by atoms with van der Waals surface area (Å²) in [5.74, 6) is 3.01. The Kier molecular flexibility index (Phi) is 5.00. The number of ether oxygens (including phenoxy) is 2. The molecule has 3 atom stereocenters. The first-order valence-electron chi connectivity index (χ1n) is 8.01. The highest BCUT2D eigenvalue weighted by atomic mass is 32.1. The summed E-state index contributed by atoms with van der Waals surface area (Å²) in [5, 5.41) is 8.20. The summed E-state index contributed by atoms with van der Waals surface area (Å²) < 4.78 is 10.6. The molecule has 0 unspecified atom stereocenters. The fourth-order valence-electron chi connectivity index (χ4n) is 3.80. The molecule has 2 fully saturated rings. The molecule has 124 valence electrons. The number of hydrazone groups is 1. The summed E-state index contributed by atoms with van der Waals surface area (Å²) in [5.41, 5.74) is 3.73. The molecule has 6 heteroatoms. The fraction of sp³-hybridized carbons (Fsp3) is 0.529. The highest BCUT2D eigenvalue weighted by Gasteiger charge is 2.39. The Hall–Kier alpha value is -1.82. The zero-order valence-corrected chi connectivity index (χ0v) is 14.4. The zero-order chi connectivity index (χ0) is 16.2. The fourth-order valence-corrected chi connectivity index (χ4v) is 4.00. The van der Waals surface area contributed by atoms with Crippen LogP contribution in [0.3, 0.4) is 0 Å². The maximum atomic E-state index is 5.37. The second kappa shape index (κ2) is 7.17. The SMILES string of the molecule is COc1cccc(/C=N\NC(=S)N[C@H]2C[C@H]3CC[C@@H]2C3)c1OC. The molecule has 0 aliphatic heterocycles. The van der Waals surface area contributed by atoms with Crippen molar-refractivity contribution in [2.24, 2.45) is 16.9 Å². The molecule has 2 aliphatic rings. The molecule has 2 aliphatic carbocycles. The van der Waals surface area contributed by atoms with Crippen LogP contribution in [0.2, 0.25) is 0 Å². The van der Waals surface area contributed by atoms with Crippen LogP contribution in [0.1, 0.15) is 31.2 Å². The van der Waals surface area contributed by atoms with Gasteiger partial charge in [-0.1, -0.05) is 12.5 Å². The van der Waals surface area contributed by atoms with E-state index in [1.165, 1.54) is 25.7 Å². The third kappa shape index (κ3) is 3.58. The van der Waals surface area contributed by atoms with E-state index in [1.54, 1.807) is 20.4 Å². The molecule has 0 spiro atoms. The summed E-state index contributed by atoms with van der Waals surface area (Å²) in [6.45, 7) is 0. The predicted octanol–water partition coefficient (Wildman–Crippen LogP) is 2.69. The lowest BCUT2D eigenvalue weighted by Crippen LogP contribution is -2.42. The topological polar surface area (TPSA) is 54.9 Å². The van der Waals surface area contributed by atoms with Gasteiger partial charge in [0.1, 0.15) is 0 Å². The van der Waals surface area contributed by atoms with E-state index < -0.39 is 0 Å². The van der Waals surface area contributed by atoms with E-state index in [4.69, 9.17) is 21.7 Å². The van der Waals surface area contributed by atoms with Crippen molar-refractivity contribution in [1.82, 2.24) is 10.7 Å². The number of fused-ring (bicyclic) bond motifs is 2. The number of hydrogen-bond acceptors (Lipinski definition) is 4. The van der Waals surface area contributed by atoms with Gasteiger partial charge >= 0.3 is 0 Å². The minimum absolute atomic E-state index is 0.510. The highest BCUT2D eigenvalue weighted by molar-refractivity contribution is 7.80. The first kappa shape index (κ1) is 16.1. The van der Waals surface area contributed by atoms with E-state index in [1.807, 2.05) is 18.2 Å². The Morgan fingerprint density at radius 1 is 1.26 bits per heavy atom. The van der Waals surface area contributed by atoms with E-state index in [0.29, 0.717) is 22.7 Å². The van der Waals surface area contributed by atoms with Gasteiger partial charge < -0.3 is 14.8 Å². The van der Waals surface area contributed by atoms with Crippen molar-refractivity contribution in [3.05, 3.63) is 23.8 Å². The van der Waals surface area contributed by atoms with Crippen molar-refractivity contribution in [2.75, 3.05) is 14.2 Å². The molecule has 3 rings (SSSR count). The molecule has 0 aromatic heterocycles. The van der Waals surface area contributed by atoms with Crippen LogP contribution >= 0.6 is 12.2 Å². The van der Waals surface area contributed by atoms with E-state index in [0.717, 1.165) is 17.4 Å². The Morgan fingerprint density at radius 3 is 2.78 bits per heavy atom. The maximum absolute atomic E-state index is 5.37. The van der Waals surface area contributed by atoms with Crippen LogP contribution in [0.15, 0.2) is 23.3 Å². The molecule has 0 heterocycles. The molecule has 2 bridgehead atoms. The quantitative estimate of drug-likeness (QED) is 0.493. The molecule has 23 heavy (non-hydrogen) atoms. The second-order valence-electron chi connectivity index (χ2n) is 6.21. The lowest BCUT2D eigenvalue weighted by molar-refractivity contribution is 0.354. The van der Waals surface area contributed by atoms with Crippen LogP contribution < -0.4 is 20.2 Å². The third-order valence-electron chi connectivity index (χ3n) is 4.86. The van der Waals surface area contributed by atoms with Gasteiger partial charge in [0.25, 0.3) is 0 Å². The lowest BCUT2D eigenvalue weighted by Gasteiger charge is -2.23. The van der Waals surface area contributed by atoms with Crippen molar-refractivity contribution >= 4 is 23.5 Å². The van der Waals surface area contributed by atoms with Crippen LogP contribution in [0.4, 0.5) is 0 Å². The normalized spacial score (nSPS) is 25.6. The van der Waals surface area contributed by atoms with E-state index in [2.05, 4.69) is 15.8 Å². The van der Waals surface area contributed by atoms with Gasteiger partial charge in [0.15, 0.2) is 16.6 Å². The van der Waals surface area contributed by atoms with Gasteiger partial charge in [-0.3, -0.25) is 5.43 Å². The molecule has 2 saturated carbocycles. The first-order chi connectivity index (χ1) is 11.2. The van der Waals surface area contributed by atoms with Crippen LogP contribution in [0.25, 0.3) is 0 Å². The smallest absolute Gasteiger partial charge is 0.187 e. The van der Waals surface area contributed by atoms with Crippen molar-refractivity contribution in [2.45, 2.75) is 31.7 Å². The van der Waals surface area contributed by atoms with E-state index in [-0.39, 0.29) is 0 Å². The Labute approximate surface area is 142 Å². The van der Waals surface area contributed by atoms with Gasteiger partial charge in [-0.2, -0.15) is 5.10 Å². The van der Waals surface area contributed by atoms with Gasteiger partial charge in [0, 0.05) is 11.6 Å². The Balaban J connectivity index is 1.55. The monoisotopic (exact) mass is 333 g/mol. The minimum atomic E-state index is 0.510. The molecular weight excluding hydrogens is 310 g/mol. The van der Waals surface area contributed by atoms with Gasteiger partial charge in [-0.15, -0.1) is 0 Å². The van der Waals surface area contributed by atoms with Crippen LogP contribution in [0, 0.1) is 11.8 Å². The maximum Gasteiger partial charge on any atom is 0.187 e. The Morgan fingerprint density at radius 2 is 2.13 bits per heavy atom. The first-order valence-corrected chi connectivity index (χ1v) is 8.42. The number of hydrogen-bond donors (Lipinski definition) is 2. The van der Waals surface area contributed by atoms with Crippen molar-refractivity contribution in [3.8, 4) is 11.5 Å². The standard InChI is InChI=1S/C17H23N3O2S/c1-21-15-5-3-4-13(16(15)22-2)10-18-20-17(23)19-14-9-11-6-7-12(14)8-11/h3-5,10-12,14H,6-9H2,1-2H3,(H2,19,20,23)/b18-10-/t11-,12+,14-/m0/s1. The van der Waals surface area contributed by atoms with Crippen molar-refractivity contribution in [1.29, 1.82) is 0 Å². The molecule has 1 aromatic rings. The number of para-hydroxylation sites is 1. The number of nitrogens with zero attached hydrogens (tertiary/aromatic N) is 1. The second-order valence-corrected chi connectivity index (χ2v) is 6.62. The Bertz CT molecular complexity index is 606. The molecule has 0 amide bonds. The van der Waals surface area contributed by atoms with Crippen LogP contribution in [-0.4, -0.2) is 31.6 Å². The van der Waals surface area contributed by atoms with E-state index >= 15 is 0 Å². The third-order valence-corrected chi connectivity index (χ3v) is 5.07. The average Bonchev–Trinajstić information content (AvgIpc) is 3.17. The number of rotatable bonds is 5. The minimum Gasteiger partial charge on any atom is -0.493 e. The molecule has 0 radical (unpaired) electrons. The molecular formula is C17H23N3O2S. The number of nitrogens with one attached hydrogen (secondary N) is 2. The van der Waals surface area contributed by atoms with Gasteiger partial charge in [-0.05, 0) is 55.4 Å². The predicted molar refractivity (Wildman–Crippen MR) is 95.2 cm³/mol. The number of benzene rings is 1. The molecule has 2 N–H and O–H groups in total. The summed E-state index contributed by atoms with van der Waals surface area (Å²) >= 11 is 5.34. The van der Waals surface area contributed by atoms with Crippen molar-refractivity contribution in [3.63, 3.8) is 0 Å². The average molecular weight is 333 g/mol. The van der Waals surface area contributed by atoms with Gasteiger partial charge in [0.2, 0.25) is 0 Å². The van der Waals surface area contributed by atoms with Gasteiger partial charge in [0.05, 0.1) is 20.4 Å². The van der Waals surface area contributed by atoms with E-state index in [9.17, 15) is 0 Å². The summed E-state index contributed by atoms with van der Waals surface area (Å²) in [6.07, 6.45) is 6.99. The molecule has 0 saturated heterocycles. The van der Waals surface area contributed by atoms with Crippen molar-refractivity contribution < 1.29 is 9.47 Å². The van der Waals surface area contributed by atoms with Gasteiger partial charge in [-0.25, -0.2) is 0 Å². The summed E-state index contributed by atoms with van der Waals surface area (Å²) in [6, 6.07) is 6.17. The van der Waals surface area contributed by atoms with Crippen LogP contribution in [0.5, 0.6) is 11.5 Å². The highest BCUT2D eigenvalue weighted by Crippen LogP contribution is 2.44. The molecule has 1 aromatic carbocycles. The lowest BCUT2D eigenvalue weighted by atomic mass is 9.96. The zero-order valence-electron chi connectivity index (χ0n) is 13.5. The van der Waals surface area contributed by atoms with Crippen LogP contribution in [-0.2, 0) is 0 Å². The number of methoxy groups -OCH3 is 2. The molecule has 5 nitrogen and oxygen atoms in total. The summed E-state index contributed by atoms with van der Waals surface area (Å²) in [7, 11) is 3.23. The summed E-state index contributed by atoms with van der Waals surface area (Å²) in [4.78, 5) is 0. The largest absolute Gasteiger partial charge is 0.493 e. The number of thiocarbonyl (C=S) groups is 1.